The van der Waals surface area contributed by atoms with Gasteiger partial charge in [-0.15, -0.1) is 0 Å². The lowest BCUT2D eigenvalue weighted by Crippen LogP contribution is -2.23. The van der Waals surface area contributed by atoms with Gasteiger partial charge in [0.25, 0.3) is 0 Å². The maximum absolute atomic E-state index is 10.6. The van der Waals surface area contributed by atoms with Gasteiger partial charge in [0.15, 0.2) is 0 Å². The number of benzene rings is 2. The smallest absolute Gasteiger partial charge is 0.329 e. The Bertz CT molecular complexity index is 888. The Morgan fingerprint density at radius 1 is 0.933 bits per heavy atom. The molecule has 156 valence electrons. The van der Waals surface area contributed by atoms with Gasteiger partial charge in [0.05, 0.1) is 6.61 Å². The fourth-order valence-corrected chi connectivity index (χ4v) is 4.31. The maximum atomic E-state index is 10.6. The molecule has 0 unspecified atom stereocenters. The van der Waals surface area contributed by atoms with E-state index in [9.17, 15) is 4.79 Å². The molecule has 0 amide bonds. The Morgan fingerprint density at radius 2 is 1.53 bits per heavy atom. The average molecular weight is 405 g/mol. The highest BCUT2D eigenvalue weighted by molar-refractivity contribution is 5.80. The van der Waals surface area contributed by atoms with Crippen molar-refractivity contribution < 1.29 is 14.6 Å². The van der Waals surface area contributed by atoms with Crippen molar-refractivity contribution in [1.82, 2.24) is 9.78 Å². The highest BCUT2D eigenvalue weighted by Gasteiger charge is 2.23. The molecule has 5 nitrogen and oxygen atoms in total. The van der Waals surface area contributed by atoms with Crippen LogP contribution in [0.1, 0.15) is 25.7 Å². The summed E-state index contributed by atoms with van der Waals surface area (Å²) in [5.74, 6) is 0.164. The lowest BCUT2D eigenvalue weighted by atomic mass is 9.82. The monoisotopic (exact) mass is 404 g/mol. The van der Waals surface area contributed by atoms with Gasteiger partial charge in [-0.2, -0.15) is 5.10 Å². The van der Waals surface area contributed by atoms with Crippen molar-refractivity contribution in [3.8, 4) is 22.4 Å². The first-order valence-corrected chi connectivity index (χ1v) is 10.7. The Hall–Kier alpha value is -2.92. The molecule has 1 aliphatic rings. The summed E-state index contributed by atoms with van der Waals surface area (Å²) in [7, 11) is 0. The fourth-order valence-electron chi connectivity index (χ4n) is 4.31. The molecule has 2 aromatic carbocycles. The summed E-state index contributed by atoms with van der Waals surface area (Å²) in [5, 5.41) is 13.7. The van der Waals surface area contributed by atoms with E-state index in [1.54, 1.807) is 0 Å². The number of aliphatic carboxylic acids is 1. The lowest BCUT2D eigenvalue weighted by Gasteiger charge is -2.28. The Balaban J connectivity index is 1.44. The van der Waals surface area contributed by atoms with Crippen molar-refractivity contribution in [2.24, 2.45) is 11.8 Å². The van der Waals surface area contributed by atoms with Crippen LogP contribution in [0.5, 0.6) is 0 Å². The molecule has 0 atom stereocenters. The minimum Gasteiger partial charge on any atom is -0.480 e. The molecule has 0 aliphatic heterocycles. The molecule has 0 bridgehead atoms. The zero-order valence-electron chi connectivity index (χ0n) is 17.1. The zero-order valence-corrected chi connectivity index (χ0v) is 17.1. The number of aromatic nitrogens is 2. The Labute approximate surface area is 177 Å². The van der Waals surface area contributed by atoms with E-state index < -0.39 is 5.97 Å². The molecule has 1 fully saturated rings. The van der Waals surface area contributed by atoms with Crippen molar-refractivity contribution in [2.75, 3.05) is 13.2 Å². The minimum absolute atomic E-state index is 0.197. The third-order valence-electron chi connectivity index (χ3n) is 5.88. The topological polar surface area (TPSA) is 64.3 Å². The van der Waals surface area contributed by atoms with Gasteiger partial charge in [-0.1, -0.05) is 60.7 Å². The molecule has 0 spiro atoms. The highest BCUT2D eigenvalue weighted by Crippen LogP contribution is 2.33. The number of rotatable bonds is 8. The summed E-state index contributed by atoms with van der Waals surface area (Å²) in [6, 6.07) is 20.8. The van der Waals surface area contributed by atoms with Gasteiger partial charge in [0.2, 0.25) is 0 Å². The molecule has 5 heteroatoms. The van der Waals surface area contributed by atoms with Crippen molar-refractivity contribution in [1.29, 1.82) is 0 Å². The third-order valence-corrected chi connectivity index (χ3v) is 5.88. The van der Waals surface area contributed by atoms with E-state index in [1.165, 1.54) is 5.56 Å². The largest absolute Gasteiger partial charge is 0.480 e. The predicted molar refractivity (Wildman–Crippen MR) is 117 cm³/mol. The SMILES string of the molecule is O=C(O)COCC1CCC(Cn2cc(-c3ccccc3)c(-c3ccccc3)n2)CC1. The molecule has 0 radical (unpaired) electrons. The number of nitrogens with zero attached hydrogens (tertiary/aromatic N) is 2. The molecule has 30 heavy (non-hydrogen) atoms. The second-order valence-electron chi connectivity index (χ2n) is 8.14. The van der Waals surface area contributed by atoms with Gasteiger partial charge in [-0.3, -0.25) is 4.68 Å². The molecular formula is C25H28N2O3. The van der Waals surface area contributed by atoms with Gasteiger partial charge >= 0.3 is 5.97 Å². The second kappa shape index (κ2) is 9.72. The molecule has 1 heterocycles. The molecule has 4 rings (SSSR count). The van der Waals surface area contributed by atoms with Crippen LogP contribution < -0.4 is 0 Å². The molecular weight excluding hydrogens is 376 g/mol. The van der Waals surface area contributed by atoms with E-state index in [0.29, 0.717) is 18.4 Å². The van der Waals surface area contributed by atoms with Gasteiger partial charge in [-0.05, 0) is 43.1 Å². The lowest BCUT2D eigenvalue weighted by molar-refractivity contribution is -0.142. The zero-order chi connectivity index (χ0) is 20.8. The molecule has 1 aromatic heterocycles. The molecule has 1 N–H and O–H groups in total. The van der Waals surface area contributed by atoms with Gasteiger partial charge in [-0.25, -0.2) is 4.79 Å². The standard InChI is InChI=1S/C25H28N2O3/c28-24(29)18-30-17-20-13-11-19(12-14-20)15-27-16-23(21-7-3-1-4-8-21)25(26-27)22-9-5-2-6-10-22/h1-10,16,19-20H,11-15,17-18H2,(H,28,29). The summed E-state index contributed by atoms with van der Waals surface area (Å²) < 4.78 is 7.40. The first kappa shape index (κ1) is 20.4. The van der Waals surface area contributed by atoms with E-state index >= 15 is 0 Å². The van der Waals surface area contributed by atoms with Crippen LogP contribution in [0.4, 0.5) is 0 Å². The number of carbonyl (C=O) groups is 1. The van der Waals surface area contributed by atoms with Gasteiger partial charge < -0.3 is 9.84 Å². The van der Waals surface area contributed by atoms with Crippen molar-refractivity contribution in [2.45, 2.75) is 32.2 Å². The third kappa shape index (κ3) is 5.16. The van der Waals surface area contributed by atoms with Crippen molar-refractivity contribution in [3.63, 3.8) is 0 Å². The number of ether oxygens (including phenoxy) is 1. The van der Waals surface area contributed by atoms with Gasteiger partial charge in [0.1, 0.15) is 12.3 Å². The highest BCUT2D eigenvalue weighted by atomic mass is 16.5. The second-order valence-corrected chi connectivity index (χ2v) is 8.14. The summed E-state index contributed by atoms with van der Waals surface area (Å²) in [4.78, 5) is 10.6. The predicted octanol–water partition coefficient (Wildman–Crippen LogP) is 5.12. The number of carboxylic acids is 1. The number of carboxylic acid groups (broad SMARTS) is 1. The summed E-state index contributed by atoms with van der Waals surface area (Å²) in [5.41, 5.74) is 4.51. The Kier molecular flexibility index (Phi) is 6.60. The van der Waals surface area contributed by atoms with Crippen LogP contribution in [0.25, 0.3) is 22.4 Å². The molecule has 3 aromatic rings. The van der Waals surface area contributed by atoms with Crippen LogP contribution in [0.3, 0.4) is 0 Å². The van der Waals surface area contributed by atoms with Crippen LogP contribution in [-0.4, -0.2) is 34.1 Å². The van der Waals surface area contributed by atoms with Crippen LogP contribution in [0, 0.1) is 11.8 Å². The van der Waals surface area contributed by atoms with Gasteiger partial charge in [0, 0.05) is 23.9 Å². The quantitative estimate of drug-likeness (QED) is 0.566. The Morgan fingerprint density at radius 3 is 2.17 bits per heavy atom. The molecule has 1 aliphatic carbocycles. The normalized spacial score (nSPS) is 18.9. The van der Waals surface area contributed by atoms with Crippen LogP contribution in [-0.2, 0) is 16.1 Å². The molecule has 0 saturated heterocycles. The summed E-state index contributed by atoms with van der Waals surface area (Å²) in [6.45, 7) is 1.27. The fraction of sp³-hybridized carbons (Fsp3) is 0.360. The van der Waals surface area contributed by atoms with E-state index in [1.807, 2.05) is 12.1 Å². The maximum Gasteiger partial charge on any atom is 0.329 e. The van der Waals surface area contributed by atoms with E-state index in [2.05, 4.69) is 59.4 Å². The number of hydrogen-bond acceptors (Lipinski definition) is 3. The molecule has 1 saturated carbocycles. The van der Waals surface area contributed by atoms with E-state index in [-0.39, 0.29) is 6.61 Å². The summed E-state index contributed by atoms with van der Waals surface area (Å²) in [6.07, 6.45) is 6.61. The number of hydrogen-bond donors (Lipinski definition) is 1. The summed E-state index contributed by atoms with van der Waals surface area (Å²) >= 11 is 0. The van der Waals surface area contributed by atoms with E-state index in [4.69, 9.17) is 14.9 Å². The first-order chi connectivity index (χ1) is 14.7. The average Bonchev–Trinajstić information content (AvgIpc) is 3.20. The first-order valence-electron chi connectivity index (χ1n) is 10.7. The van der Waals surface area contributed by atoms with Crippen LogP contribution in [0.15, 0.2) is 66.9 Å². The van der Waals surface area contributed by atoms with E-state index in [0.717, 1.165) is 49.0 Å². The van der Waals surface area contributed by atoms with Crippen molar-refractivity contribution >= 4 is 5.97 Å². The van der Waals surface area contributed by atoms with Crippen LogP contribution >= 0.6 is 0 Å². The van der Waals surface area contributed by atoms with Crippen LogP contribution in [0.2, 0.25) is 0 Å². The minimum atomic E-state index is -0.897. The van der Waals surface area contributed by atoms with Crippen molar-refractivity contribution in [3.05, 3.63) is 66.9 Å².